The summed E-state index contributed by atoms with van der Waals surface area (Å²) in [5, 5.41) is 10.2. The minimum absolute atomic E-state index is 0.0402. The van der Waals surface area contributed by atoms with Crippen molar-refractivity contribution < 1.29 is 18.0 Å². The highest BCUT2D eigenvalue weighted by Crippen LogP contribution is 2.08. The molecule has 1 aromatic heterocycles. The third-order valence-electron chi connectivity index (χ3n) is 3.32. The molecule has 0 aliphatic heterocycles. The Balaban J connectivity index is 1.73. The molecule has 2 amide bonds. The maximum Gasteiger partial charge on any atom is 0.253 e. The number of carbonyl (C=O) groups excluding carboxylic acids is 2. The largest absolute Gasteiger partial charge is 0.354 e. The number of hydrogen-bond acceptors (Lipinski definition) is 5. The summed E-state index contributed by atoms with van der Waals surface area (Å²) in [4.78, 5) is 27.4. The fourth-order valence-electron chi connectivity index (χ4n) is 2.01. The summed E-state index contributed by atoms with van der Waals surface area (Å²) in [6, 6.07) is 9.34. The lowest BCUT2D eigenvalue weighted by Gasteiger charge is -2.07. The highest BCUT2D eigenvalue weighted by Gasteiger charge is 2.08. The van der Waals surface area contributed by atoms with Crippen LogP contribution < -0.4 is 15.8 Å². The van der Waals surface area contributed by atoms with Gasteiger partial charge in [0.1, 0.15) is 0 Å². The lowest BCUT2D eigenvalue weighted by Crippen LogP contribution is -2.37. The number of nitrogens with zero attached hydrogens (tertiary/aromatic N) is 1. The van der Waals surface area contributed by atoms with Crippen molar-refractivity contribution in [2.24, 2.45) is 5.14 Å². The first kappa shape index (κ1) is 18.6. The topological polar surface area (TPSA) is 131 Å². The maximum absolute atomic E-state index is 11.8. The van der Waals surface area contributed by atoms with Crippen molar-refractivity contribution in [2.45, 2.75) is 11.3 Å². The molecule has 2 rings (SSSR count). The van der Waals surface area contributed by atoms with Crippen LogP contribution in [0.2, 0.25) is 0 Å². The normalized spacial score (nSPS) is 10.9. The Morgan fingerprint density at radius 3 is 2.40 bits per heavy atom. The zero-order chi connectivity index (χ0) is 18.3. The molecule has 0 bridgehead atoms. The lowest BCUT2D eigenvalue weighted by molar-refractivity contribution is -0.120. The standard InChI is InChI=1S/C16H18N4O4S/c17-25(23,24)14-5-3-12(4-6-14)7-9-19-15(21)11-20-16(22)13-2-1-8-18-10-13/h1-6,8,10H,7,9,11H2,(H,19,21)(H,20,22)(H2,17,23,24). The number of sulfonamides is 1. The van der Waals surface area contributed by atoms with Crippen LogP contribution in [0.3, 0.4) is 0 Å². The first-order valence-electron chi connectivity index (χ1n) is 7.43. The van der Waals surface area contributed by atoms with E-state index in [0.29, 0.717) is 18.5 Å². The Morgan fingerprint density at radius 1 is 1.08 bits per heavy atom. The van der Waals surface area contributed by atoms with Crippen molar-refractivity contribution in [3.05, 3.63) is 59.9 Å². The Kier molecular flexibility index (Phi) is 6.20. The van der Waals surface area contributed by atoms with Crippen LogP contribution in [0.4, 0.5) is 0 Å². The van der Waals surface area contributed by atoms with Gasteiger partial charge in [0.2, 0.25) is 15.9 Å². The van der Waals surface area contributed by atoms with E-state index < -0.39 is 10.0 Å². The number of nitrogens with one attached hydrogen (secondary N) is 2. The molecule has 132 valence electrons. The molecule has 9 heteroatoms. The minimum Gasteiger partial charge on any atom is -0.354 e. The van der Waals surface area contributed by atoms with Crippen molar-refractivity contribution in [1.82, 2.24) is 15.6 Å². The highest BCUT2D eigenvalue weighted by molar-refractivity contribution is 7.89. The van der Waals surface area contributed by atoms with Gasteiger partial charge in [0.25, 0.3) is 5.91 Å². The van der Waals surface area contributed by atoms with Gasteiger partial charge >= 0.3 is 0 Å². The van der Waals surface area contributed by atoms with Gasteiger partial charge in [-0.25, -0.2) is 13.6 Å². The van der Waals surface area contributed by atoms with Crippen LogP contribution in [-0.2, 0) is 21.2 Å². The van der Waals surface area contributed by atoms with Gasteiger partial charge in [-0.05, 0) is 36.2 Å². The summed E-state index contributed by atoms with van der Waals surface area (Å²) in [7, 11) is -3.71. The van der Waals surface area contributed by atoms with Crippen molar-refractivity contribution in [3.8, 4) is 0 Å². The van der Waals surface area contributed by atoms with E-state index in [4.69, 9.17) is 5.14 Å². The molecule has 1 heterocycles. The summed E-state index contributed by atoms with van der Waals surface area (Å²) in [6.45, 7) is 0.217. The molecule has 0 aliphatic carbocycles. The zero-order valence-electron chi connectivity index (χ0n) is 13.3. The average molecular weight is 362 g/mol. The van der Waals surface area contributed by atoms with E-state index in [0.717, 1.165) is 5.56 Å². The van der Waals surface area contributed by atoms with Crippen molar-refractivity contribution in [2.75, 3.05) is 13.1 Å². The van der Waals surface area contributed by atoms with Crippen LogP contribution in [0.25, 0.3) is 0 Å². The number of amides is 2. The quantitative estimate of drug-likeness (QED) is 0.629. The monoisotopic (exact) mass is 362 g/mol. The van der Waals surface area contributed by atoms with Gasteiger partial charge in [0.15, 0.2) is 0 Å². The number of hydrogen-bond donors (Lipinski definition) is 3. The molecule has 0 unspecified atom stereocenters. The number of rotatable bonds is 7. The molecular formula is C16H18N4O4S. The van der Waals surface area contributed by atoms with Crippen LogP contribution >= 0.6 is 0 Å². The second kappa shape index (κ2) is 8.36. The number of benzene rings is 1. The Bertz CT molecular complexity index is 836. The van der Waals surface area contributed by atoms with Crippen LogP contribution in [0.15, 0.2) is 53.7 Å². The molecule has 1 aromatic carbocycles. The van der Waals surface area contributed by atoms with Gasteiger partial charge in [0.05, 0.1) is 17.0 Å². The second-order valence-electron chi connectivity index (χ2n) is 5.21. The van der Waals surface area contributed by atoms with Gasteiger partial charge < -0.3 is 10.6 Å². The molecule has 0 saturated carbocycles. The predicted molar refractivity (Wildman–Crippen MR) is 91.1 cm³/mol. The molecule has 0 saturated heterocycles. The van der Waals surface area contributed by atoms with E-state index in [9.17, 15) is 18.0 Å². The van der Waals surface area contributed by atoms with E-state index in [1.807, 2.05) is 0 Å². The van der Waals surface area contributed by atoms with Gasteiger partial charge in [-0.1, -0.05) is 12.1 Å². The first-order valence-corrected chi connectivity index (χ1v) is 8.97. The summed E-state index contributed by atoms with van der Waals surface area (Å²) in [6.07, 6.45) is 3.49. The number of aromatic nitrogens is 1. The van der Waals surface area contributed by atoms with E-state index in [2.05, 4.69) is 15.6 Å². The Labute approximate surface area is 145 Å². The van der Waals surface area contributed by atoms with E-state index in [-0.39, 0.29) is 23.3 Å². The lowest BCUT2D eigenvalue weighted by atomic mass is 10.1. The molecule has 0 atom stereocenters. The van der Waals surface area contributed by atoms with Crippen LogP contribution in [-0.4, -0.2) is 38.3 Å². The molecule has 25 heavy (non-hydrogen) atoms. The average Bonchev–Trinajstić information content (AvgIpc) is 2.60. The minimum atomic E-state index is -3.71. The van der Waals surface area contributed by atoms with E-state index >= 15 is 0 Å². The fraction of sp³-hybridized carbons (Fsp3) is 0.188. The van der Waals surface area contributed by atoms with Crippen molar-refractivity contribution >= 4 is 21.8 Å². The number of pyridine rings is 1. The SMILES string of the molecule is NS(=O)(=O)c1ccc(CCNC(=O)CNC(=O)c2cccnc2)cc1. The maximum atomic E-state index is 11.8. The van der Waals surface area contributed by atoms with Crippen LogP contribution in [0.5, 0.6) is 0 Å². The van der Waals surface area contributed by atoms with Crippen molar-refractivity contribution in [1.29, 1.82) is 0 Å². The summed E-state index contributed by atoms with van der Waals surface area (Å²) in [5.74, 6) is -0.694. The predicted octanol–water partition coefficient (Wildman–Crippen LogP) is -0.182. The van der Waals surface area contributed by atoms with Gasteiger partial charge in [-0.3, -0.25) is 14.6 Å². The van der Waals surface area contributed by atoms with Crippen LogP contribution in [0, 0.1) is 0 Å². The molecular weight excluding hydrogens is 344 g/mol. The molecule has 0 fully saturated rings. The van der Waals surface area contributed by atoms with Gasteiger partial charge in [-0.2, -0.15) is 0 Å². The Morgan fingerprint density at radius 2 is 1.80 bits per heavy atom. The molecule has 8 nitrogen and oxygen atoms in total. The third kappa shape index (κ3) is 5.98. The van der Waals surface area contributed by atoms with Crippen LogP contribution in [0.1, 0.15) is 15.9 Å². The summed E-state index contributed by atoms with van der Waals surface area (Å²) in [5.41, 5.74) is 1.23. The molecule has 0 spiro atoms. The summed E-state index contributed by atoms with van der Waals surface area (Å²) < 4.78 is 22.3. The van der Waals surface area contributed by atoms with Gasteiger partial charge in [0, 0.05) is 18.9 Å². The number of primary sulfonamides is 1. The highest BCUT2D eigenvalue weighted by atomic mass is 32.2. The van der Waals surface area contributed by atoms with E-state index in [1.165, 1.54) is 18.3 Å². The summed E-state index contributed by atoms with van der Waals surface area (Å²) >= 11 is 0. The molecule has 4 N–H and O–H groups in total. The number of nitrogens with two attached hydrogens (primary N) is 1. The van der Waals surface area contributed by atoms with E-state index in [1.54, 1.807) is 30.5 Å². The molecule has 0 radical (unpaired) electrons. The van der Waals surface area contributed by atoms with Crippen molar-refractivity contribution in [3.63, 3.8) is 0 Å². The molecule has 2 aromatic rings. The smallest absolute Gasteiger partial charge is 0.253 e. The van der Waals surface area contributed by atoms with Gasteiger partial charge in [-0.15, -0.1) is 0 Å². The molecule has 0 aliphatic rings. The Hall–Kier alpha value is -2.78. The third-order valence-corrected chi connectivity index (χ3v) is 4.25. The number of carbonyl (C=O) groups is 2. The zero-order valence-corrected chi connectivity index (χ0v) is 14.1. The first-order chi connectivity index (χ1) is 11.9. The fourth-order valence-corrected chi connectivity index (χ4v) is 2.53. The second-order valence-corrected chi connectivity index (χ2v) is 6.77.